The van der Waals surface area contributed by atoms with Gasteiger partial charge in [0.1, 0.15) is 11.9 Å². The first-order valence-electron chi connectivity index (χ1n) is 9.80. The smallest absolute Gasteiger partial charge is 0.328 e. The molecule has 0 saturated carbocycles. The van der Waals surface area contributed by atoms with Crippen LogP contribution < -0.4 is 0 Å². The first-order valence-corrected chi connectivity index (χ1v) is 10.2. The molecule has 5 nitrogen and oxygen atoms in total. The van der Waals surface area contributed by atoms with Gasteiger partial charge in [-0.05, 0) is 42.3 Å². The van der Waals surface area contributed by atoms with Crippen LogP contribution in [0.4, 0.5) is 4.39 Å². The number of carbonyl (C=O) groups excluding carboxylic acids is 1. The molecule has 2 unspecified atom stereocenters. The van der Waals surface area contributed by atoms with Crippen LogP contribution in [0.25, 0.3) is 0 Å². The number of ether oxygens (including phenoxy) is 1. The lowest BCUT2D eigenvalue weighted by molar-refractivity contribution is -0.150. The number of hydrogen-bond donors (Lipinski definition) is 1. The molecule has 0 radical (unpaired) electrons. The Morgan fingerprint density at radius 3 is 2.24 bits per heavy atom. The van der Waals surface area contributed by atoms with Gasteiger partial charge in [0.2, 0.25) is 0 Å². The van der Waals surface area contributed by atoms with Crippen LogP contribution in [-0.4, -0.2) is 60.2 Å². The molecule has 1 N–H and O–H groups in total. The van der Waals surface area contributed by atoms with Gasteiger partial charge in [0.05, 0.1) is 12.7 Å². The molecule has 1 saturated heterocycles. The molecule has 1 fully saturated rings. The van der Waals surface area contributed by atoms with Crippen molar-refractivity contribution in [3.05, 3.63) is 70.5 Å². The fourth-order valence-corrected chi connectivity index (χ4v) is 3.73. The molecule has 1 aliphatic heterocycles. The lowest BCUT2D eigenvalue weighted by atomic mass is 10.0. The topological polar surface area (TPSA) is 53.0 Å². The zero-order valence-electron chi connectivity index (χ0n) is 16.4. The number of esters is 1. The van der Waals surface area contributed by atoms with E-state index in [2.05, 4.69) is 9.80 Å². The predicted molar refractivity (Wildman–Crippen MR) is 110 cm³/mol. The van der Waals surface area contributed by atoms with E-state index in [9.17, 15) is 14.3 Å². The van der Waals surface area contributed by atoms with Crippen molar-refractivity contribution >= 4 is 17.6 Å². The van der Waals surface area contributed by atoms with Gasteiger partial charge in [0, 0.05) is 37.7 Å². The van der Waals surface area contributed by atoms with Gasteiger partial charge in [-0.1, -0.05) is 35.9 Å². The van der Waals surface area contributed by atoms with Crippen molar-refractivity contribution in [3.8, 4) is 0 Å². The average molecular weight is 421 g/mol. The summed E-state index contributed by atoms with van der Waals surface area (Å²) in [4.78, 5) is 16.9. The van der Waals surface area contributed by atoms with Crippen molar-refractivity contribution in [1.29, 1.82) is 0 Å². The third-order valence-corrected chi connectivity index (χ3v) is 5.41. The van der Waals surface area contributed by atoms with Crippen molar-refractivity contribution in [2.75, 3.05) is 39.3 Å². The van der Waals surface area contributed by atoms with Crippen LogP contribution >= 0.6 is 11.6 Å². The fraction of sp³-hybridized carbons (Fsp3) is 0.409. The second-order valence-electron chi connectivity index (χ2n) is 7.11. The number of aliphatic hydroxyl groups excluding tert-OH is 1. The van der Waals surface area contributed by atoms with E-state index in [-0.39, 0.29) is 11.8 Å². The molecule has 3 rings (SSSR count). The first kappa shape index (κ1) is 21.7. The summed E-state index contributed by atoms with van der Waals surface area (Å²) in [6.07, 6.45) is -0.681. The molecule has 156 valence electrons. The summed E-state index contributed by atoms with van der Waals surface area (Å²) < 4.78 is 18.4. The lowest BCUT2D eigenvalue weighted by Gasteiger charge is -2.39. The maximum Gasteiger partial charge on any atom is 0.328 e. The number of nitrogens with zero attached hydrogens (tertiary/aromatic N) is 2. The molecule has 0 aliphatic carbocycles. The van der Waals surface area contributed by atoms with Gasteiger partial charge >= 0.3 is 5.97 Å². The van der Waals surface area contributed by atoms with Gasteiger partial charge in [-0.25, -0.2) is 9.18 Å². The Morgan fingerprint density at radius 2 is 1.66 bits per heavy atom. The van der Waals surface area contributed by atoms with Gasteiger partial charge in [-0.2, -0.15) is 0 Å². The third-order valence-electron chi connectivity index (χ3n) is 5.15. The van der Waals surface area contributed by atoms with E-state index in [0.717, 1.165) is 5.56 Å². The standard InChI is InChI=1S/C22H26ClFN2O3/c1-2-29-22(28)21(17-3-7-18(23)8-4-17)26-13-11-25(12-14-26)15-20(27)16-5-9-19(24)10-6-16/h3-10,20-21,27H,2,11-15H2,1H3. The molecule has 2 atom stereocenters. The Bertz CT molecular complexity index is 793. The van der Waals surface area contributed by atoms with Gasteiger partial charge in [0.15, 0.2) is 0 Å². The number of benzene rings is 2. The number of hydrogen-bond acceptors (Lipinski definition) is 5. The van der Waals surface area contributed by atoms with E-state index in [1.807, 2.05) is 12.1 Å². The highest BCUT2D eigenvalue weighted by molar-refractivity contribution is 6.30. The molecule has 0 spiro atoms. The second kappa shape index (κ2) is 10.2. The zero-order valence-corrected chi connectivity index (χ0v) is 17.2. The van der Waals surface area contributed by atoms with E-state index >= 15 is 0 Å². The highest BCUT2D eigenvalue weighted by Gasteiger charge is 2.32. The van der Waals surface area contributed by atoms with Crippen molar-refractivity contribution in [2.24, 2.45) is 0 Å². The summed E-state index contributed by atoms with van der Waals surface area (Å²) in [5.74, 6) is -0.587. The number of carbonyl (C=O) groups is 1. The van der Waals surface area contributed by atoms with Crippen molar-refractivity contribution in [2.45, 2.75) is 19.1 Å². The minimum atomic E-state index is -0.681. The monoisotopic (exact) mass is 420 g/mol. The van der Waals surface area contributed by atoms with Gasteiger partial charge < -0.3 is 9.84 Å². The van der Waals surface area contributed by atoms with E-state index in [1.165, 1.54) is 12.1 Å². The molecule has 1 aliphatic rings. The van der Waals surface area contributed by atoms with E-state index in [0.29, 0.717) is 49.9 Å². The number of aliphatic hydroxyl groups is 1. The van der Waals surface area contributed by atoms with E-state index in [1.54, 1.807) is 31.2 Å². The third kappa shape index (κ3) is 5.76. The molecule has 0 amide bonds. The minimum Gasteiger partial charge on any atom is -0.465 e. The Hall–Kier alpha value is -1.99. The summed E-state index contributed by atoms with van der Waals surface area (Å²) in [5, 5.41) is 11.1. The summed E-state index contributed by atoms with van der Waals surface area (Å²) in [6, 6.07) is 12.7. The summed E-state index contributed by atoms with van der Waals surface area (Å²) in [7, 11) is 0. The molecule has 0 bridgehead atoms. The Balaban J connectivity index is 1.62. The number of β-amino-alcohol motifs (C(OH)–C–C–N with tert-alkyl or cyclic N) is 1. The maximum atomic E-state index is 13.1. The Labute approximate surface area is 175 Å². The number of rotatable bonds is 7. The summed E-state index contributed by atoms with van der Waals surface area (Å²) in [6.45, 7) is 5.34. The SMILES string of the molecule is CCOC(=O)C(c1ccc(Cl)cc1)N1CCN(CC(O)c2ccc(F)cc2)CC1. The summed E-state index contributed by atoms with van der Waals surface area (Å²) in [5.41, 5.74) is 1.55. The molecule has 29 heavy (non-hydrogen) atoms. The highest BCUT2D eigenvalue weighted by Crippen LogP contribution is 2.26. The fourth-order valence-electron chi connectivity index (χ4n) is 3.60. The maximum absolute atomic E-state index is 13.1. The molecule has 7 heteroatoms. The highest BCUT2D eigenvalue weighted by atomic mass is 35.5. The Morgan fingerprint density at radius 1 is 1.07 bits per heavy atom. The molecule has 1 heterocycles. The number of piperazine rings is 1. The van der Waals surface area contributed by atoms with Crippen LogP contribution in [0.1, 0.15) is 30.2 Å². The van der Waals surface area contributed by atoms with Gasteiger partial charge in [0.25, 0.3) is 0 Å². The molecular weight excluding hydrogens is 395 g/mol. The van der Waals surface area contributed by atoms with Crippen LogP contribution in [0, 0.1) is 5.82 Å². The zero-order chi connectivity index (χ0) is 20.8. The normalized spacial score (nSPS) is 17.7. The largest absolute Gasteiger partial charge is 0.465 e. The van der Waals surface area contributed by atoms with Crippen LogP contribution in [0.5, 0.6) is 0 Å². The van der Waals surface area contributed by atoms with E-state index < -0.39 is 12.1 Å². The van der Waals surface area contributed by atoms with Crippen molar-refractivity contribution < 1.29 is 19.0 Å². The van der Waals surface area contributed by atoms with Crippen LogP contribution in [-0.2, 0) is 9.53 Å². The molecule has 0 aromatic heterocycles. The van der Waals surface area contributed by atoms with Gasteiger partial charge in [-0.3, -0.25) is 9.80 Å². The first-order chi connectivity index (χ1) is 14.0. The predicted octanol–water partition coefficient (Wildman–Crippen LogP) is 3.43. The number of halogens is 2. The quantitative estimate of drug-likeness (QED) is 0.695. The van der Waals surface area contributed by atoms with Crippen LogP contribution in [0.15, 0.2) is 48.5 Å². The van der Waals surface area contributed by atoms with Gasteiger partial charge in [-0.15, -0.1) is 0 Å². The van der Waals surface area contributed by atoms with Crippen LogP contribution in [0.2, 0.25) is 5.02 Å². The molecular formula is C22H26ClFN2O3. The van der Waals surface area contributed by atoms with Crippen molar-refractivity contribution in [1.82, 2.24) is 9.80 Å². The second-order valence-corrected chi connectivity index (χ2v) is 7.55. The van der Waals surface area contributed by atoms with E-state index in [4.69, 9.17) is 16.3 Å². The average Bonchev–Trinajstić information content (AvgIpc) is 2.71. The Kier molecular flexibility index (Phi) is 7.61. The van der Waals surface area contributed by atoms with Crippen LogP contribution in [0.3, 0.4) is 0 Å². The molecule has 2 aromatic rings. The lowest BCUT2D eigenvalue weighted by Crippen LogP contribution is -2.50. The summed E-state index contributed by atoms with van der Waals surface area (Å²) >= 11 is 5.99. The molecule has 2 aromatic carbocycles. The minimum absolute atomic E-state index is 0.269. The van der Waals surface area contributed by atoms with Crippen molar-refractivity contribution in [3.63, 3.8) is 0 Å².